The minimum Gasteiger partial charge on any atom is -0.394 e. The van der Waals surface area contributed by atoms with E-state index in [0.29, 0.717) is 6.42 Å². The van der Waals surface area contributed by atoms with E-state index in [1.807, 2.05) is 46.0 Å². The monoisotopic (exact) mass is 269 g/mol. The highest BCUT2D eigenvalue weighted by molar-refractivity contribution is 6.31. The number of nitrogens with one attached hydrogen (secondary N) is 1. The predicted molar refractivity (Wildman–Crippen MR) is 80.2 cm³/mol. The number of hydrogen-bond donors (Lipinski definition) is 2. The summed E-state index contributed by atoms with van der Waals surface area (Å²) in [5.74, 6) is 0. The lowest BCUT2D eigenvalue weighted by Crippen LogP contribution is -2.43. The van der Waals surface area contributed by atoms with Crippen molar-refractivity contribution in [1.82, 2.24) is 5.32 Å². The van der Waals surface area contributed by atoms with Gasteiger partial charge >= 0.3 is 0 Å². The van der Waals surface area contributed by atoms with Gasteiger partial charge in [0.2, 0.25) is 0 Å². The summed E-state index contributed by atoms with van der Waals surface area (Å²) in [6.45, 7) is 9.71. The minimum absolute atomic E-state index is 0.0244. The van der Waals surface area contributed by atoms with Crippen LogP contribution in [0.15, 0.2) is 30.9 Å². The van der Waals surface area contributed by atoms with E-state index < -0.39 is 5.54 Å². The summed E-state index contributed by atoms with van der Waals surface area (Å²) in [4.78, 5) is 0. The Balaban J connectivity index is 0.00000137. The van der Waals surface area contributed by atoms with Crippen LogP contribution in [0.3, 0.4) is 0 Å². The SMILES string of the molecule is C=CCC(CO)(NC)c1ccc(Cl)c(C)c1.CC. The van der Waals surface area contributed by atoms with Gasteiger partial charge in [0.15, 0.2) is 0 Å². The lowest BCUT2D eigenvalue weighted by Gasteiger charge is -2.31. The smallest absolute Gasteiger partial charge is 0.0701 e. The van der Waals surface area contributed by atoms with Gasteiger partial charge in [-0.2, -0.15) is 0 Å². The normalized spacial score (nSPS) is 13.2. The van der Waals surface area contributed by atoms with Gasteiger partial charge in [-0.15, -0.1) is 6.58 Å². The number of rotatable bonds is 5. The fourth-order valence-corrected chi connectivity index (χ4v) is 1.91. The Morgan fingerprint density at radius 3 is 2.44 bits per heavy atom. The summed E-state index contributed by atoms with van der Waals surface area (Å²) in [5, 5.41) is 13.5. The van der Waals surface area contributed by atoms with E-state index in [9.17, 15) is 5.11 Å². The van der Waals surface area contributed by atoms with Crippen LogP contribution in [-0.4, -0.2) is 18.8 Å². The Morgan fingerprint density at radius 1 is 1.44 bits per heavy atom. The minimum atomic E-state index is -0.461. The Morgan fingerprint density at radius 2 is 2.06 bits per heavy atom. The zero-order chi connectivity index (χ0) is 14.2. The van der Waals surface area contributed by atoms with Gasteiger partial charge in [0.1, 0.15) is 0 Å². The van der Waals surface area contributed by atoms with Crippen LogP contribution in [0, 0.1) is 6.92 Å². The summed E-state index contributed by atoms with van der Waals surface area (Å²) >= 11 is 5.99. The van der Waals surface area contributed by atoms with Crippen molar-refractivity contribution in [3.05, 3.63) is 47.0 Å². The van der Waals surface area contributed by atoms with Crippen LogP contribution < -0.4 is 5.32 Å². The van der Waals surface area contributed by atoms with Gasteiger partial charge in [-0.1, -0.05) is 43.7 Å². The average Bonchev–Trinajstić information content (AvgIpc) is 2.42. The Hall–Kier alpha value is -0.830. The third-order valence-corrected chi connectivity index (χ3v) is 3.38. The van der Waals surface area contributed by atoms with Gasteiger partial charge in [-0.25, -0.2) is 0 Å². The maximum absolute atomic E-state index is 9.58. The van der Waals surface area contributed by atoms with Crippen LogP contribution in [0.2, 0.25) is 5.02 Å². The van der Waals surface area contributed by atoms with Crippen LogP contribution in [0.1, 0.15) is 31.4 Å². The molecule has 0 bridgehead atoms. The van der Waals surface area contributed by atoms with Crippen LogP contribution in [0.5, 0.6) is 0 Å². The molecule has 3 heteroatoms. The van der Waals surface area contributed by atoms with Crippen molar-refractivity contribution in [2.24, 2.45) is 0 Å². The standard InChI is InChI=1S/C13H18ClNO.C2H6/c1-4-7-13(9-16,15-3)11-5-6-12(14)10(2)8-11;1-2/h4-6,8,15-16H,1,7,9H2,2-3H3;1-2H3. The Labute approximate surface area is 116 Å². The molecule has 2 nitrogen and oxygen atoms in total. The van der Waals surface area contributed by atoms with E-state index >= 15 is 0 Å². The molecule has 0 fully saturated rings. The second kappa shape index (κ2) is 8.30. The predicted octanol–water partition coefficient (Wildman–Crippen LogP) is 3.66. The quantitative estimate of drug-likeness (QED) is 0.800. The molecular formula is C15H24ClNO. The van der Waals surface area contributed by atoms with E-state index in [2.05, 4.69) is 11.9 Å². The van der Waals surface area contributed by atoms with Gasteiger partial charge in [0.05, 0.1) is 12.1 Å². The van der Waals surface area contributed by atoms with Gasteiger partial charge in [-0.05, 0) is 37.6 Å². The molecule has 0 aliphatic rings. The zero-order valence-electron chi connectivity index (χ0n) is 11.8. The van der Waals surface area contributed by atoms with E-state index in [1.165, 1.54) is 0 Å². The number of hydrogen-bond acceptors (Lipinski definition) is 2. The molecule has 0 amide bonds. The van der Waals surface area contributed by atoms with E-state index in [1.54, 1.807) is 6.08 Å². The first-order valence-corrected chi connectivity index (χ1v) is 6.64. The second-order valence-corrected chi connectivity index (χ2v) is 4.35. The fourth-order valence-electron chi connectivity index (χ4n) is 1.79. The van der Waals surface area contributed by atoms with Crippen LogP contribution in [0.25, 0.3) is 0 Å². The number of likely N-dealkylation sites (N-methyl/N-ethyl adjacent to an activating group) is 1. The molecule has 0 spiro atoms. The van der Waals surface area contributed by atoms with Crippen molar-refractivity contribution < 1.29 is 5.11 Å². The summed E-state index contributed by atoms with van der Waals surface area (Å²) in [7, 11) is 1.84. The molecule has 102 valence electrons. The molecule has 1 aromatic carbocycles. The second-order valence-electron chi connectivity index (χ2n) is 3.95. The van der Waals surface area contributed by atoms with Crippen LogP contribution in [0.4, 0.5) is 0 Å². The molecule has 0 aliphatic heterocycles. The molecule has 1 rings (SSSR count). The highest BCUT2D eigenvalue weighted by Gasteiger charge is 2.28. The van der Waals surface area contributed by atoms with Gasteiger partial charge in [-0.3, -0.25) is 0 Å². The van der Waals surface area contributed by atoms with Gasteiger partial charge < -0.3 is 10.4 Å². The zero-order valence-corrected chi connectivity index (χ0v) is 12.5. The third-order valence-electron chi connectivity index (χ3n) is 2.95. The lowest BCUT2D eigenvalue weighted by molar-refractivity contribution is 0.170. The van der Waals surface area contributed by atoms with Crippen molar-refractivity contribution in [1.29, 1.82) is 0 Å². The summed E-state index contributed by atoms with van der Waals surface area (Å²) in [6.07, 6.45) is 2.47. The molecule has 0 saturated heterocycles. The van der Waals surface area contributed by atoms with Crippen LogP contribution in [-0.2, 0) is 5.54 Å². The molecule has 1 aromatic rings. The van der Waals surface area contributed by atoms with E-state index in [0.717, 1.165) is 16.1 Å². The van der Waals surface area contributed by atoms with Crippen molar-refractivity contribution in [3.63, 3.8) is 0 Å². The summed E-state index contributed by atoms with van der Waals surface area (Å²) in [5.41, 5.74) is 1.58. The first kappa shape index (κ1) is 17.2. The van der Waals surface area contributed by atoms with Crippen molar-refractivity contribution in [3.8, 4) is 0 Å². The van der Waals surface area contributed by atoms with Gasteiger partial charge in [0, 0.05) is 5.02 Å². The van der Waals surface area contributed by atoms with E-state index in [-0.39, 0.29) is 6.61 Å². The topological polar surface area (TPSA) is 32.3 Å². The molecular weight excluding hydrogens is 246 g/mol. The molecule has 0 saturated carbocycles. The van der Waals surface area contributed by atoms with Crippen molar-refractivity contribution in [2.45, 2.75) is 32.7 Å². The first-order valence-electron chi connectivity index (χ1n) is 6.27. The molecule has 0 radical (unpaired) electrons. The number of halogens is 1. The highest BCUT2D eigenvalue weighted by atomic mass is 35.5. The first-order chi connectivity index (χ1) is 8.59. The highest BCUT2D eigenvalue weighted by Crippen LogP contribution is 2.28. The summed E-state index contributed by atoms with van der Waals surface area (Å²) < 4.78 is 0. The lowest BCUT2D eigenvalue weighted by atomic mass is 9.86. The number of aliphatic hydroxyl groups is 1. The average molecular weight is 270 g/mol. The van der Waals surface area contributed by atoms with E-state index in [4.69, 9.17) is 11.6 Å². The summed E-state index contributed by atoms with van der Waals surface area (Å²) in [6, 6.07) is 5.79. The van der Waals surface area contributed by atoms with Crippen molar-refractivity contribution in [2.75, 3.05) is 13.7 Å². The molecule has 0 aromatic heterocycles. The van der Waals surface area contributed by atoms with Gasteiger partial charge in [0.25, 0.3) is 0 Å². The molecule has 0 heterocycles. The maximum atomic E-state index is 9.58. The number of aliphatic hydroxyl groups excluding tert-OH is 1. The third kappa shape index (κ3) is 3.84. The van der Waals surface area contributed by atoms with Crippen molar-refractivity contribution >= 4 is 11.6 Å². The largest absolute Gasteiger partial charge is 0.394 e. The fraction of sp³-hybridized carbons (Fsp3) is 0.467. The molecule has 1 unspecified atom stereocenters. The Bertz CT molecular complexity index is 373. The maximum Gasteiger partial charge on any atom is 0.0701 e. The number of benzene rings is 1. The molecule has 18 heavy (non-hydrogen) atoms. The molecule has 1 atom stereocenters. The molecule has 2 N–H and O–H groups in total. The number of aryl methyl sites for hydroxylation is 1. The Kier molecular flexibility index (Phi) is 7.92. The molecule has 0 aliphatic carbocycles. The van der Waals surface area contributed by atoms with Crippen LogP contribution >= 0.6 is 11.6 Å².